The summed E-state index contributed by atoms with van der Waals surface area (Å²) in [6, 6.07) is 10.6. The van der Waals surface area contributed by atoms with Crippen molar-refractivity contribution in [1.29, 1.82) is 0 Å². The molecule has 2 aromatic rings. The van der Waals surface area contributed by atoms with Crippen LogP contribution in [0, 0.1) is 13.8 Å². The summed E-state index contributed by atoms with van der Waals surface area (Å²) in [6.45, 7) is 4.91. The van der Waals surface area contributed by atoms with Gasteiger partial charge in [-0.05, 0) is 47.0 Å². The summed E-state index contributed by atoms with van der Waals surface area (Å²) >= 11 is 3.51. The van der Waals surface area contributed by atoms with Gasteiger partial charge in [-0.2, -0.15) is 0 Å². The van der Waals surface area contributed by atoms with Crippen LogP contribution in [0.25, 0.3) is 0 Å². The zero-order valence-corrected chi connectivity index (χ0v) is 11.6. The summed E-state index contributed by atoms with van der Waals surface area (Å²) in [5.74, 6) is 0.885. The molecule has 0 aliphatic heterocycles. The van der Waals surface area contributed by atoms with E-state index in [0.717, 1.165) is 22.4 Å². The Morgan fingerprint density at radius 2 is 1.82 bits per heavy atom. The van der Waals surface area contributed by atoms with E-state index in [9.17, 15) is 0 Å². The predicted octanol–water partition coefficient (Wildman–Crippen LogP) is 4.07. The first-order valence-corrected chi connectivity index (χ1v) is 6.36. The quantitative estimate of drug-likeness (QED) is 0.922. The number of rotatable bonds is 3. The molecular formula is C14H15BrN2. The van der Waals surface area contributed by atoms with Crippen LogP contribution in [0.4, 0.5) is 5.82 Å². The molecule has 0 fully saturated rings. The topological polar surface area (TPSA) is 24.9 Å². The van der Waals surface area contributed by atoms with Crippen LogP contribution in [0.15, 0.2) is 41.0 Å². The van der Waals surface area contributed by atoms with Crippen molar-refractivity contribution in [3.8, 4) is 0 Å². The van der Waals surface area contributed by atoms with Gasteiger partial charge >= 0.3 is 0 Å². The van der Waals surface area contributed by atoms with Crippen LogP contribution >= 0.6 is 15.9 Å². The molecule has 0 unspecified atom stereocenters. The fraction of sp³-hybridized carbons (Fsp3) is 0.214. The number of halogens is 1. The monoisotopic (exact) mass is 290 g/mol. The van der Waals surface area contributed by atoms with Gasteiger partial charge in [-0.15, -0.1) is 0 Å². The number of pyridine rings is 1. The molecule has 0 saturated heterocycles. The minimum absolute atomic E-state index is 0.787. The largest absolute Gasteiger partial charge is 0.365 e. The zero-order chi connectivity index (χ0) is 12.3. The number of aryl methyl sites for hydroxylation is 2. The van der Waals surface area contributed by atoms with Gasteiger partial charge in [0, 0.05) is 12.7 Å². The van der Waals surface area contributed by atoms with Crippen molar-refractivity contribution in [3.05, 3.63) is 57.7 Å². The molecule has 1 aromatic carbocycles. The highest BCUT2D eigenvalue weighted by Crippen LogP contribution is 2.21. The summed E-state index contributed by atoms with van der Waals surface area (Å²) in [5, 5.41) is 3.32. The van der Waals surface area contributed by atoms with Crippen LogP contribution in [-0.4, -0.2) is 4.98 Å². The van der Waals surface area contributed by atoms with E-state index in [4.69, 9.17) is 0 Å². The molecule has 0 radical (unpaired) electrons. The van der Waals surface area contributed by atoms with Gasteiger partial charge in [-0.1, -0.05) is 29.8 Å². The molecule has 0 aliphatic rings. The van der Waals surface area contributed by atoms with E-state index in [1.807, 2.05) is 13.1 Å². The highest BCUT2D eigenvalue weighted by Gasteiger charge is 2.01. The molecule has 2 nitrogen and oxygen atoms in total. The lowest BCUT2D eigenvalue weighted by atomic mass is 10.1. The number of nitrogens with zero attached hydrogens (tertiary/aromatic N) is 1. The molecule has 2 rings (SSSR count). The molecular weight excluding hydrogens is 276 g/mol. The second-order valence-corrected chi connectivity index (χ2v) is 5.04. The Bertz CT molecular complexity index is 506. The molecule has 1 N–H and O–H groups in total. The van der Waals surface area contributed by atoms with E-state index in [1.165, 1.54) is 11.1 Å². The Balaban J connectivity index is 2.04. The third-order valence-electron chi connectivity index (χ3n) is 2.56. The van der Waals surface area contributed by atoms with Crippen molar-refractivity contribution < 1.29 is 0 Å². The smallest absolute Gasteiger partial charge is 0.140 e. The number of nitrogens with one attached hydrogen (secondary N) is 1. The fourth-order valence-corrected chi connectivity index (χ4v) is 2.16. The lowest BCUT2D eigenvalue weighted by Crippen LogP contribution is -2.02. The molecule has 17 heavy (non-hydrogen) atoms. The Labute approximate surface area is 110 Å². The summed E-state index contributed by atoms with van der Waals surface area (Å²) in [4.78, 5) is 4.35. The standard InChI is InChI=1S/C14H15BrN2/c1-10-3-5-12(6-4-10)9-17-14-13(15)7-11(2)8-16-14/h3-8H,9H2,1-2H3,(H,16,17). The number of hydrogen-bond acceptors (Lipinski definition) is 2. The van der Waals surface area contributed by atoms with E-state index in [2.05, 4.69) is 63.5 Å². The highest BCUT2D eigenvalue weighted by atomic mass is 79.9. The molecule has 3 heteroatoms. The van der Waals surface area contributed by atoms with Crippen molar-refractivity contribution in [2.24, 2.45) is 0 Å². The van der Waals surface area contributed by atoms with Crippen molar-refractivity contribution in [1.82, 2.24) is 4.98 Å². The zero-order valence-electron chi connectivity index (χ0n) is 10.00. The summed E-state index contributed by atoms with van der Waals surface area (Å²) in [6.07, 6.45) is 1.86. The SMILES string of the molecule is Cc1ccc(CNc2ncc(C)cc2Br)cc1. The Morgan fingerprint density at radius 1 is 1.12 bits per heavy atom. The number of aromatic nitrogens is 1. The van der Waals surface area contributed by atoms with E-state index in [0.29, 0.717) is 0 Å². The molecule has 0 saturated carbocycles. The summed E-state index contributed by atoms with van der Waals surface area (Å²) in [7, 11) is 0. The molecule has 0 bridgehead atoms. The van der Waals surface area contributed by atoms with Crippen LogP contribution in [0.2, 0.25) is 0 Å². The maximum Gasteiger partial charge on any atom is 0.140 e. The second-order valence-electron chi connectivity index (χ2n) is 4.18. The van der Waals surface area contributed by atoms with Crippen molar-refractivity contribution >= 4 is 21.7 Å². The van der Waals surface area contributed by atoms with Crippen LogP contribution in [0.5, 0.6) is 0 Å². The fourth-order valence-electron chi connectivity index (χ4n) is 1.56. The van der Waals surface area contributed by atoms with Gasteiger partial charge in [0.2, 0.25) is 0 Å². The molecule has 0 spiro atoms. The molecule has 0 atom stereocenters. The summed E-state index contributed by atoms with van der Waals surface area (Å²) in [5.41, 5.74) is 3.69. The number of hydrogen-bond donors (Lipinski definition) is 1. The van der Waals surface area contributed by atoms with Crippen LogP contribution in [0.3, 0.4) is 0 Å². The third kappa shape index (κ3) is 3.30. The maximum absolute atomic E-state index is 4.35. The van der Waals surface area contributed by atoms with Crippen LogP contribution < -0.4 is 5.32 Å². The average Bonchev–Trinajstić information content (AvgIpc) is 2.30. The second kappa shape index (κ2) is 5.32. The van der Waals surface area contributed by atoms with Gasteiger partial charge < -0.3 is 5.32 Å². The van der Waals surface area contributed by atoms with E-state index in [-0.39, 0.29) is 0 Å². The minimum atomic E-state index is 0.787. The van der Waals surface area contributed by atoms with Gasteiger partial charge in [0.15, 0.2) is 0 Å². The molecule has 88 valence electrons. The number of anilines is 1. The molecule has 1 heterocycles. The first-order chi connectivity index (χ1) is 8.15. The first-order valence-electron chi connectivity index (χ1n) is 5.57. The van der Waals surface area contributed by atoms with E-state index >= 15 is 0 Å². The van der Waals surface area contributed by atoms with Crippen molar-refractivity contribution in [2.75, 3.05) is 5.32 Å². The van der Waals surface area contributed by atoms with Gasteiger partial charge in [0.25, 0.3) is 0 Å². The van der Waals surface area contributed by atoms with Gasteiger partial charge in [0.05, 0.1) is 4.47 Å². The summed E-state index contributed by atoms with van der Waals surface area (Å²) < 4.78 is 1.00. The third-order valence-corrected chi connectivity index (χ3v) is 3.16. The lowest BCUT2D eigenvalue weighted by molar-refractivity contribution is 1.10. The molecule has 0 aliphatic carbocycles. The van der Waals surface area contributed by atoms with Gasteiger partial charge in [-0.3, -0.25) is 0 Å². The lowest BCUT2D eigenvalue weighted by Gasteiger charge is -2.08. The normalized spacial score (nSPS) is 10.3. The Morgan fingerprint density at radius 3 is 2.47 bits per heavy atom. The first kappa shape index (κ1) is 12.1. The average molecular weight is 291 g/mol. The molecule has 0 amide bonds. The van der Waals surface area contributed by atoms with Crippen LogP contribution in [-0.2, 0) is 6.54 Å². The Hall–Kier alpha value is -1.35. The van der Waals surface area contributed by atoms with Crippen LogP contribution in [0.1, 0.15) is 16.7 Å². The minimum Gasteiger partial charge on any atom is -0.365 e. The predicted molar refractivity (Wildman–Crippen MR) is 75.2 cm³/mol. The van der Waals surface area contributed by atoms with Gasteiger partial charge in [-0.25, -0.2) is 4.98 Å². The maximum atomic E-state index is 4.35. The van der Waals surface area contributed by atoms with Crippen molar-refractivity contribution in [2.45, 2.75) is 20.4 Å². The Kier molecular flexibility index (Phi) is 3.79. The van der Waals surface area contributed by atoms with Crippen molar-refractivity contribution in [3.63, 3.8) is 0 Å². The highest BCUT2D eigenvalue weighted by molar-refractivity contribution is 9.10. The van der Waals surface area contributed by atoms with Gasteiger partial charge in [0.1, 0.15) is 5.82 Å². The molecule has 1 aromatic heterocycles. The number of benzene rings is 1. The van der Waals surface area contributed by atoms with E-state index in [1.54, 1.807) is 0 Å². The van der Waals surface area contributed by atoms with E-state index < -0.39 is 0 Å².